The largest absolute Gasteiger partial charge is 0.466 e. The maximum absolute atomic E-state index is 12.5. The molecule has 0 saturated carbocycles. The van der Waals surface area contributed by atoms with Gasteiger partial charge in [0.15, 0.2) is 0 Å². The summed E-state index contributed by atoms with van der Waals surface area (Å²) in [5.41, 5.74) is 0. The van der Waals surface area contributed by atoms with E-state index in [0.29, 0.717) is 19.4 Å². The van der Waals surface area contributed by atoms with Crippen molar-refractivity contribution in [2.75, 3.05) is 13.2 Å². The Bertz CT molecular complexity index is 1250. The van der Waals surface area contributed by atoms with Gasteiger partial charge in [-0.2, -0.15) is 0 Å². The third kappa shape index (κ3) is 63.1. The van der Waals surface area contributed by atoms with E-state index in [1.807, 2.05) is 6.08 Å². The maximum atomic E-state index is 12.5. The summed E-state index contributed by atoms with van der Waals surface area (Å²) < 4.78 is 5.49. The average Bonchev–Trinajstić information content (AvgIpc) is 3.43. The lowest BCUT2D eigenvalue weighted by Crippen LogP contribution is -2.45. The third-order valence-electron chi connectivity index (χ3n) is 16.1. The van der Waals surface area contributed by atoms with E-state index >= 15 is 0 Å². The Morgan fingerprint density at radius 1 is 0.351 bits per heavy atom. The van der Waals surface area contributed by atoms with Gasteiger partial charge >= 0.3 is 5.97 Å². The average molecular weight is 1080 g/mol. The van der Waals surface area contributed by atoms with E-state index in [1.54, 1.807) is 6.08 Å². The quantitative estimate of drug-likeness (QED) is 0.0320. The number of esters is 1. The number of hydrogen-bond donors (Lipinski definition) is 3. The Labute approximate surface area is 481 Å². The topological polar surface area (TPSA) is 95.9 Å². The number of allylic oxidation sites excluding steroid dienone is 5. The molecule has 0 aromatic heterocycles. The van der Waals surface area contributed by atoms with Crippen molar-refractivity contribution >= 4 is 11.9 Å². The number of ether oxygens (including phenoxy) is 1. The summed E-state index contributed by atoms with van der Waals surface area (Å²) in [5, 5.41) is 23.1. The Kier molecular flexibility index (Phi) is 64.9. The summed E-state index contributed by atoms with van der Waals surface area (Å²) in [6.07, 6.45) is 85.1. The highest BCUT2D eigenvalue weighted by molar-refractivity contribution is 5.76. The molecule has 0 rings (SSSR count). The molecule has 2 atom stereocenters. The fourth-order valence-electron chi connectivity index (χ4n) is 10.8. The molecule has 6 nitrogen and oxygen atoms in total. The van der Waals surface area contributed by atoms with Crippen LogP contribution in [0.3, 0.4) is 0 Å². The van der Waals surface area contributed by atoms with E-state index in [1.165, 1.54) is 308 Å². The fourth-order valence-corrected chi connectivity index (χ4v) is 10.8. The summed E-state index contributed by atoms with van der Waals surface area (Å²) >= 11 is 0. The monoisotopic (exact) mass is 1080 g/mol. The van der Waals surface area contributed by atoms with Crippen molar-refractivity contribution in [2.24, 2.45) is 0 Å². The molecule has 0 spiro atoms. The normalized spacial score (nSPS) is 12.7. The van der Waals surface area contributed by atoms with Gasteiger partial charge in [-0.15, -0.1) is 0 Å². The van der Waals surface area contributed by atoms with Gasteiger partial charge in [0.1, 0.15) is 0 Å². The standard InChI is InChI=1S/C71H135NO5/c1-3-5-7-9-11-13-15-17-36-41-45-49-53-57-61-65-71(76)77-66-62-58-54-50-46-42-38-35-33-31-29-27-25-23-21-19-20-22-24-26-28-30-32-34-37-40-44-48-52-56-60-64-70(75)72-68(67-73)69(74)63-59-55-51-47-43-39-18-16-14-12-10-8-6-4-2/h17,21,23,36,59,63,68-69,73-74H,3-16,18-20,22,24-35,37-58,60-62,64-67H2,1-2H3,(H,72,75)/b23-21-,36-17-,63-59+. The molecule has 0 radical (unpaired) electrons. The Morgan fingerprint density at radius 3 is 0.922 bits per heavy atom. The number of unbranched alkanes of at least 4 members (excludes halogenated alkanes) is 50. The molecule has 454 valence electrons. The lowest BCUT2D eigenvalue weighted by molar-refractivity contribution is -0.143. The Hall–Kier alpha value is -1.92. The minimum Gasteiger partial charge on any atom is -0.466 e. The summed E-state index contributed by atoms with van der Waals surface area (Å²) in [6.45, 7) is 4.92. The summed E-state index contributed by atoms with van der Waals surface area (Å²) in [5.74, 6) is -0.0547. The van der Waals surface area contributed by atoms with Crippen LogP contribution < -0.4 is 5.32 Å². The molecule has 6 heteroatoms. The third-order valence-corrected chi connectivity index (χ3v) is 16.1. The first kappa shape index (κ1) is 75.1. The number of carbonyl (C=O) groups is 2. The van der Waals surface area contributed by atoms with Crippen molar-refractivity contribution in [1.29, 1.82) is 0 Å². The van der Waals surface area contributed by atoms with Crippen LogP contribution in [0.2, 0.25) is 0 Å². The van der Waals surface area contributed by atoms with E-state index in [2.05, 4.69) is 43.5 Å². The van der Waals surface area contributed by atoms with E-state index in [9.17, 15) is 19.8 Å². The van der Waals surface area contributed by atoms with Crippen molar-refractivity contribution in [3.05, 3.63) is 36.5 Å². The van der Waals surface area contributed by atoms with Gasteiger partial charge in [0.2, 0.25) is 5.91 Å². The van der Waals surface area contributed by atoms with Crippen LogP contribution in [-0.4, -0.2) is 47.4 Å². The second-order valence-corrected chi connectivity index (χ2v) is 23.9. The summed E-state index contributed by atoms with van der Waals surface area (Å²) in [4.78, 5) is 24.5. The summed E-state index contributed by atoms with van der Waals surface area (Å²) in [7, 11) is 0. The van der Waals surface area contributed by atoms with Crippen LogP contribution in [0, 0.1) is 0 Å². The Balaban J connectivity index is 3.37. The first-order chi connectivity index (χ1) is 38.0. The maximum Gasteiger partial charge on any atom is 0.305 e. The van der Waals surface area contributed by atoms with E-state index in [4.69, 9.17) is 4.74 Å². The minimum atomic E-state index is -0.842. The second-order valence-electron chi connectivity index (χ2n) is 23.9. The van der Waals surface area contributed by atoms with E-state index in [0.717, 1.165) is 44.9 Å². The summed E-state index contributed by atoms with van der Waals surface area (Å²) in [6, 6.07) is -0.626. The molecule has 0 aromatic rings. The molecule has 0 aliphatic heterocycles. The highest BCUT2D eigenvalue weighted by Gasteiger charge is 2.18. The van der Waals surface area contributed by atoms with Gasteiger partial charge in [-0.1, -0.05) is 320 Å². The van der Waals surface area contributed by atoms with Gasteiger partial charge in [0, 0.05) is 12.8 Å². The zero-order chi connectivity index (χ0) is 55.7. The lowest BCUT2D eigenvalue weighted by Gasteiger charge is -2.20. The van der Waals surface area contributed by atoms with Gasteiger partial charge < -0.3 is 20.3 Å². The highest BCUT2D eigenvalue weighted by atomic mass is 16.5. The van der Waals surface area contributed by atoms with Gasteiger partial charge in [0.05, 0.1) is 25.4 Å². The van der Waals surface area contributed by atoms with Gasteiger partial charge in [0.25, 0.3) is 0 Å². The van der Waals surface area contributed by atoms with Gasteiger partial charge in [-0.3, -0.25) is 9.59 Å². The van der Waals surface area contributed by atoms with Crippen LogP contribution in [0.4, 0.5) is 0 Å². The molecular weight excluding hydrogens is 947 g/mol. The SMILES string of the molecule is CCCCCCCC/C=C\CCCCCCCC(=O)OCCCCCCCCCCCCCC/C=C\CCCCCCCCCCCCCCCCCC(=O)NC(CO)C(O)/C=C/CCCCCCCCCCCCCC. The van der Waals surface area contributed by atoms with Crippen LogP contribution in [0.25, 0.3) is 0 Å². The lowest BCUT2D eigenvalue weighted by atomic mass is 10.0. The predicted molar refractivity (Wildman–Crippen MR) is 338 cm³/mol. The van der Waals surface area contributed by atoms with Crippen molar-refractivity contribution in [1.82, 2.24) is 5.32 Å². The molecule has 0 saturated heterocycles. The van der Waals surface area contributed by atoms with Crippen LogP contribution in [0.15, 0.2) is 36.5 Å². The molecule has 0 bridgehead atoms. The number of aliphatic hydroxyl groups is 2. The molecular formula is C71H135NO5. The molecule has 0 heterocycles. The van der Waals surface area contributed by atoms with Crippen molar-refractivity contribution in [3.63, 3.8) is 0 Å². The number of nitrogens with one attached hydrogen (secondary N) is 1. The molecule has 0 fully saturated rings. The first-order valence-corrected chi connectivity index (χ1v) is 34.8. The molecule has 3 N–H and O–H groups in total. The van der Waals surface area contributed by atoms with Crippen LogP contribution in [0.1, 0.15) is 380 Å². The number of hydrogen-bond acceptors (Lipinski definition) is 5. The second kappa shape index (κ2) is 66.6. The molecule has 2 unspecified atom stereocenters. The minimum absolute atomic E-state index is 0.00970. The number of aliphatic hydroxyl groups excluding tert-OH is 2. The number of rotatable bonds is 65. The molecule has 0 aliphatic carbocycles. The molecule has 0 aliphatic rings. The number of carbonyl (C=O) groups excluding carboxylic acids is 2. The first-order valence-electron chi connectivity index (χ1n) is 34.8. The van der Waals surface area contributed by atoms with E-state index < -0.39 is 12.1 Å². The zero-order valence-corrected chi connectivity index (χ0v) is 52.0. The molecule has 1 amide bonds. The van der Waals surface area contributed by atoms with Gasteiger partial charge in [-0.25, -0.2) is 0 Å². The molecule has 77 heavy (non-hydrogen) atoms. The van der Waals surface area contributed by atoms with Crippen LogP contribution in [-0.2, 0) is 14.3 Å². The van der Waals surface area contributed by atoms with Crippen molar-refractivity contribution in [3.8, 4) is 0 Å². The highest BCUT2D eigenvalue weighted by Crippen LogP contribution is 2.18. The smallest absolute Gasteiger partial charge is 0.305 e. The van der Waals surface area contributed by atoms with Crippen LogP contribution >= 0.6 is 0 Å². The van der Waals surface area contributed by atoms with Crippen LogP contribution in [0.5, 0.6) is 0 Å². The van der Waals surface area contributed by atoms with Crippen molar-refractivity contribution in [2.45, 2.75) is 392 Å². The van der Waals surface area contributed by atoms with Gasteiger partial charge in [-0.05, 0) is 83.5 Å². The number of amides is 1. The van der Waals surface area contributed by atoms with E-state index in [-0.39, 0.29) is 18.5 Å². The predicted octanol–water partition coefficient (Wildman–Crippen LogP) is 22.3. The molecule has 0 aromatic carbocycles. The zero-order valence-electron chi connectivity index (χ0n) is 52.0. The Morgan fingerprint density at radius 2 is 0.610 bits per heavy atom. The fraction of sp³-hybridized carbons (Fsp3) is 0.887. The van der Waals surface area contributed by atoms with Crippen molar-refractivity contribution < 1.29 is 24.5 Å².